The number of hydrogen-bond acceptors (Lipinski definition) is 4. The minimum atomic E-state index is -0.566. The van der Waals surface area contributed by atoms with E-state index in [0.29, 0.717) is 31.8 Å². The average molecular weight is 476 g/mol. The van der Waals surface area contributed by atoms with Crippen molar-refractivity contribution in [1.82, 2.24) is 9.80 Å². The molecule has 2 aliphatic heterocycles. The minimum Gasteiger partial charge on any atom is -0.454 e. The Morgan fingerprint density at radius 1 is 0.971 bits per heavy atom. The van der Waals surface area contributed by atoms with Crippen molar-refractivity contribution in [3.05, 3.63) is 95.2 Å². The Kier molecular flexibility index (Phi) is 6.43. The molecule has 0 radical (unpaired) electrons. The second-order valence-electron chi connectivity index (χ2n) is 9.63. The number of benzene rings is 2. The lowest BCUT2D eigenvalue weighted by atomic mass is 9.96. The molecule has 0 bridgehead atoms. The van der Waals surface area contributed by atoms with E-state index in [1.165, 1.54) is 12.1 Å². The van der Waals surface area contributed by atoms with E-state index in [9.17, 15) is 14.0 Å². The van der Waals surface area contributed by atoms with Crippen molar-refractivity contribution in [2.45, 2.75) is 43.7 Å². The summed E-state index contributed by atoms with van der Waals surface area (Å²) in [4.78, 5) is 30.7. The molecule has 0 aliphatic carbocycles. The van der Waals surface area contributed by atoms with Gasteiger partial charge in [0.25, 0.3) is 5.91 Å². The van der Waals surface area contributed by atoms with E-state index in [1.54, 1.807) is 36.1 Å². The van der Waals surface area contributed by atoms with Crippen molar-refractivity contribution >= 4 is 11.8 Å². The maximum Gasteiger partial charge on any atom is 0.290 e. The van der Waals surface area contributed by atoms with Gasteiger partial charge >= 0.3 is 0 Å². The van der Waals surface area contributed by atoms with Crippen molar-refractivity contribution in [3.63, 3.8) is 0 Å². The third-order valence-corrected chi connectivity index (χ3v) is 7.25. The molecule has 182 valence electrons. The lowest BCUT2D eigenvalue weighted by molar-refractivity contribution is -0.134. The number of carbonyl (C=O) groups is 2. The van der Waals surface area contributed by atoms with Crippen LogP contribution in [0.15, 0.2) is 71.1 Å². The molecule has 1 aromatic heterocycles. The van der Waals surface area contributed by atoms with Crippen molar-refractivity contribution < 1.29 is 18.4 Å². The molecule has 3 heterocycles. The first-order valence-electron chi connectivity index (χ1n) is 12.2. The Hall–Kier alpha value is -3.45. The van der Waals surface area contributed by atoms with Gasteiger partial charge in [-0.1, -0.05) is 42.5 Å². The summed E-state index contributed by atoms with van der Waals surface area (Å²) in [5.74, 6) is 0.368. The van der Waals surface area contributed by atoms with Gasteiger partial charge in [0.15, 0.2) is 5.76 Å². The predicted molar refractivity (Wildman–Crippen MR) is 130 cm³/mol. The highest BCUT2D eigenvalue weighted by Gasteiger charge is 2.44. The number of nitrogens with zero attached hydrogens (tertiary/aromatic N) is 2. The number of rotatable bonds is 5. The predicted octanol–water partition coefficient (Wildman–Crippen LogP) is 4.45. The molecule has 7 heteroatoms. The number of amides is 2. The Labute approximate surface area is 204 Å². The van der Waals surface area contributed by atoms with Crippen molar-refractivity contribution in [2.24, 2.45) is 5.73 Å². The fourth-order valence-corrected chi connectivity index (χ4v) is 5.29. The monoisotopic (exact) mass is 475 g/mol. The van der Waals surface area contributed by atoms with Crippen molar-refractivity contribution in [3.8, 4) is 0 Å². The Bertz CT molecular complexity index is 1190. The Morgan fingerprint density at radius 2 is 1.69 bits per heavy atom. The summed E-state index contributed by atoms with van der Waals surface area (Å²) in [6, 6.07) is 19.0. The number of hydrogen-bond donors (Lipinski definition) is 1. The van der Waals surface area contributed by atoms with Crippen LogP contribution in [-0.2, 0) is 4.79 Å². The zero-order valence-corrected chi connectivity index (χ0v) is 19.8. The molecule has 2 N–H and O–H groups in total. The van der Waals surface area contributed by atoms with Crippen LogP contribution in [0.5, 0.6) is 0 Å². The van der Waals surface area contributed by atoms with E-state index < -0.39 is 6.04 Å². The van der Waals surface area contributed by atoms with E-state index in [2.05, 4.69) is 0 Å². The van der Waals surface area contributed by atoms with Crippen LogP contribution in [0.4, 0.5) is 4.39 Å². The van der Waals surface area contributed by atoms with Crippen LogP contribution in [0.3, 0.4) is 0 Å². The topological polar surface area (TPSA) is 79.8 Å². The molecule has 0 spiro atoms. The van der Waals surface area contributed by atoms with E-state index in [-0.39, 0.29) is 41.3 Å². The standard InChI is InChI=1S/C28H30FN3O3/c1-18(30)25-11-12-26(35-25)28(34)32-17-22(19-5-3-2-4-6-19)15-24(32)27(33)31-14-13-21(16-31)20-7-9-23(29)10-8-20/h2-12,18,21-22,24H,13-17,30H2,1H3. The molecule has 2 fully saturated rings. The lowest BCUT2D eigenvalue weighted by Gasteiger charge is -2.27. The van der Waals surface area contributed by atoms with Gasteiger partial charge in [-0.25, -0.2) is 4.39 Å². The molecule has 3 aromatic rings. The molecule has 2 aromatic carbocycles. The maximum absolute atomic E-state index is 13.7. The molecule has 2 amide bonds. The first-order chi connectivity index (χ1) is 16.9. The molecule has 35 heavy (non-hydrogen) atoms. The molecule has 2 aliphatic rings. The average Bonchev–Trinajstić information content (AvgIpc) is 3.64. The number of nitrogens with two attached hydrogens (primary N) is 1. The zero-order chi connectivity index (χ0) is 24.5. The maximum atomic E-state index is 13.7. The molecule has 2 saturated heterocycles. The van der Waals surface area contributed by atoms with Gasteiger partial charge in [0.1, 0.15) is 17.6 Å². The van der Waals surface area contributed by atoms with Crippen LogP contribution in [0, 0.1) is 5.82 Å². The Morgan fingerprint density at radius 3 is 2.37 bits per heavy atom. The summed E-state index contributed by atoms with van der Waals surface area (Å²) in [5.41, 5.74) is 8.05. The van der Waals surface area contributed by atoms with Crippen LogP contribution in [0.1, 0.15) is 65.1 Å². The largest absolute Gasteiger partial charge is 0.454 e. The van der Waals surface area contributed by atoms with Gasteiger partial charge in [0.05, 0.1) is 6.04 Å². The fourth-order valence-electron chi connectivity index (χ4n) is 5.29. The minimum absolute atomic E-state index is 0.0413. The first-order valence-corrected chi connectivity index (χ1v) is 12.2. The van der Waals surface area contributed by atoms with Gasteiger partial charge in [0, 0.05) is 31.5 Å². The molecule has 0 saturated carbocycles. The molecule has 6 nitrogen and oxygen atoms in total. The van der Waals surface area contributed by atoms with Gasteiger partial charge < -0.3 is 20.0 Å². The second kappa shape index (κ2) is 9.66. The zero-order valence-electron chi connectivity index (χ0n) is 19.8. The SMILES string of the molecule is CC(N)c1ccc(C(=O)N2CC(c3ccccc3)CC2C(=O)N2CCC(c3ccc(F)cc3)C2)o1. The molecule has 4 unspecified atom stereocenters. The van der Waals surface area contributed by atoms with Crippen LogP contribution in [-0.4, -0.2) is 47.3 Å². The highest BCUT2D eigenvalue weighted by molar-refractivity contribution is 5.96. The van der Waals surface area contributed by atoms with E-state index in [0.717, 1.165) is 17.5 Å². The summed E-state index contributed by atoms with van der Waals surface area (Å²) >= 11 is 0. The number of halogens is 1. The van der Waals surface area contributed by atoms with Gasteiger partial charge in [-0.2, -0.15) is 0 Å². The van der Waals surface area contributed by atoms with Crippen molar-refractivity contribution in [1.29, 1.82) is 0 Å². The van der Waals surface area contributed by atoms with Gasteiger partial charge in [-0.05, 0) is 55.2 Å². The first kappa shape index (κ1) is 23.3. The summed E-state index contributed by atoms with van der Waals surface area (Å²) in [7, 11) is 0. The molecular weight excluding hydrogens is 445 g/mol. The smallest absolute Gasteiger partial charge is 0.290 e. The number of carbonyl (C=O) groups excluding carboxylic acids is 2. The van der Waals surface area contributed by atoms with Gasteiger partial charge in [-0.3, -0.25) is 9.59 Å². The molecule has 4 atom stereocenters. The lowest BCUT2D eigenvalue weighted by Crippen LogP contribution is -2.47. The molecular formula is C28H30FN3O3. The highest BCUT2D eigenvalue weighted by Crippen LogP contribution is 2.36. The van der Waals surface area contributed by atoms with Gasteiger partial charge in [0.2, 0.25) is 5.91 Å². The van der Waals surface area contributed by atoms with Crippen LogP contribution >= 0.6 is 0 Å². The summed E-state index contributed by atoms with van der Waals surface area (Å²) in [6.45, 7) is 3.42. The second-order valence-corrected chi connectivity index (χ2v) is 9.63. The van der Waals surface area contributed by atoms with Crippen LogP contribution in [0.25, 0.3) is 0 Å². The van der Waals surface area contributed by atoms with Crippen LogP contribution in [0.2, 0.25) is 0 Å². The number of furan rings is 1. The summed E-state index contributed by atoms with van der Waals surface area (Å²) in [5, 5.41) is 0. The van der Waals surface area contributed by atoms with E-state index in [4.69, 9.17) is 10.2 Å². The highest BCUT2D eigenvalue weighted by atomic mass is 19.1. The van der Waals surface area contributed by atoms with E-state index >= 15 is 0 Å². The van der Waals surface area contributed by atoms with Crippen LogP contribution < -0.4 is 5.73 Å². The third kappa shape index (κ3) is 4.73. The summed E-state index contributed by atoms with van der Waals surface area (Å²) < 4.78 is 19.1. The quantitative estimate of drug-likeness (QED) is 0.591. The van der Waals surface area contributed by atoms with E-state index in [1.807, 2.05) is 35.2 Å². The molecule has 5 rings (SSSR count). The fraction of sp³-hybridized carbons (Fsp3) is 0.357. The normalized spacial score (nSPS) is 23.0. The number of likely N-dealkylation sites (tertiary alicyclic amines) is 2. The van der Waals surface area contributed by atoms with Crippen molar-refractivity contribution in [2.75, 3.05) is 19.6 Å². The Balaban J connectivity index is 1.37. The third-order valence-electron chi connectivity index (χ3n) is 7.25. The summed E-state index contributed by atoms with van der Waals surface area (Å²) in [6.07, 6.45) is 1.38. The van der Waals surface area contributed by atoms with Gasteiger partial charge in [-0.15, -0.1) is 0 Å².